The van der Waals surface area contributed by atoms with Crippen LogP contribution < -0.4 is 10.2 Å². The highest BCUT2D eigenvalue weighted by Crippen LogP contribution is 2.24. The van der Waals surface area contributed by atoms with Crippen LogP contribution >= 0.6 is 15.9 Å². The normalized spacial score (nSPS) is 21.9. The van der Waals surface area contributed by atoms with Crippen LogP contribution in [0.2, 0.25) is 0 Å². The molecule has 0 unspecified atom stereocenters. The zero-order valence-corrected chi connectivity index (χ0v) is 14.3. The van der Waals surface area contributed by atoms with Crippen LogP contribution in [0, 0.1) is 0 Å². The van der Waals surface area contributed by atoms with Gasteiger partial charge in [-0.1, -0.05) is 0 Å². The van der Waals surface area contributed by atoms with Crippen molar-refractivity contribution in [1.29, 1.82) is 0 Å². The smallest absolute Gasteiger partial charge is 0.255 e. The van der Waals surface area contributed by atoms with Crippen LogP contribution in [0.1, 0.15) is 42.5 Å². The lowest BCUT2D eigenvalue weighted by atomic mass is 10.1. The Balaban J connectivity index is 1.72. The molecule has 0 saturated carbocycles. The highest BCUT2D eigenvalue weighted by molar-refractivity contribution is 9.10. The van der Waals surface area contributed by atoms with E-state index in [1.807, 2.05) is 6.07 Å². The quantitative estimate of drug-likeness (QED) is 0.888. The fourth-order valence-corrected chi connectivity index (χ4v) is 3.40. The number of piperidine rings is 1. The zero-order valence-electron chi connectivity index (χ0n) is 12.7. The van der Waals surface area contributed by atoms with Gasteiger partial charge in [0.1, 0.15) is 5.82 Å². The minimum Gasteiger partial charge on any atom is -0.376 e. The van der Waals surface area contributed by atoms with Gasteiger partial charge in [0.05, 0.1) is 11.7 Å². The van der Waals surface area contributed by atoms with Crippen LogP contribution in [0.5, 0.6) is 0 Å². The van der Waals surface area contributed by atoms with Crippen molar-refractivity contribution in [3.63, 3.8) is 0 Å². The zero-order chi connectivity index (χ0) is 15.4. The lowest BCUT2D eigenvalue weighted by Gasteiger charge is -2.29. The molecule has 3 rings (SSSR count). The van der Waals surface area contributed by atoms with Crippen molar-refractivity contribution < 1.29 is 9.53 Å². The van der Waals surface area contributed by atoms with Gasteiger partial charge >= 0.3 is 0 Å². The molecule has 120 valence electrons. The standard InChI is InChI=1S/C16H22BrN3O2/c17-12-9-14(16(21)19-11-13-5-4-8-22-13)15(18-10-12)20-6-2-1-3-7-20/h9-10,13H,1-8,11H2,(H,19,21)/t13-/m0/s1. The number of halogens is 1. The molecule has 0 aromatic carbocycles. The number of carbonyl (C=O) groups is 1. The minimum absolute atomic E-state index is 0.0649. The molecule has 3 heterocycles. The monoisotopic (exact) mass is 367 g/mol. The van der Waals surface area contributed by atoms with Gasteiger partial charge < -0.3 is 15.0 Å². The Morgan fingerprint density at radius 2 is 2.18 bits per heavy atom. The predicted octanol–water partition coefficient (Wildman–Crippen LogP) is 2.74. The maximum absolute atomic E-state index is 12.6. The molecule has 0 radical (unpaired) electrons. The average molecular weight is 368 g/mol. The van der Waals surface area contributed by atoms with Crippen molar-refractivity contribution in [1.82, 2.24) is 10.3 Å². The second-order valence-corrected chi connectivity index (χ2v) is 6.83. The maximum Gasteiger partial charge on any atom is 0.255 e. The molecule has 1 amide bonds. The van der Waals surface area contributed by atoms with E-state index >= 15 is 0 Å². The first-order valence-corrected chi connectivity index (χ1v) is 8.83. The van der Waals surface area contributed by atoms with Gasteiger partial charge in [0.2, 0.25) is 0 Å². The summed E-state index contributed by atoms with van der Waals surface area (Å²) in [5.74, 6) is 0.734. The summed E-state index contributed by atoms with van der Waals surface area (Å²) in [5.41, 5.74) is 0.647. The van der Waals surface area contributed by atoms with E-state index in [2.05, 4.69) is 31.1 Å². The molecule has 2 fully saturated rings. The topological polar surface area (TPSA) is 54.5 Å². The number of rotatable bonds is 4. The summed E-state index contributed by atoms with van der Waals surface area (Å²) in [6.07, 6.45) is 7.61. The maximum atomic E-state index is 12.6. The van der Waals surface area contributed by atoms with Crippen LogP contribution in [0.4, 0.5) is 5.82 Å². The molecule has 1 aromatic rings. The Morgan fingerprint density at radius 1 is 1.36 bits per heavy atom. The van der Waals surface area contributed by atoms with E-state index < -0.39 is 0 Å². The number of ether oxygens (including phenoxy) is 1. The van der Waals surface area contributed by atoms with Crippen molar-refractivity contribution >= 4 is 27.7 Å². The molecule has 1 aromatic heterocycles. The lowest BCUT2D eigenvalue weighted by molar-refractivity contribution is 0.0858. The van der Waals surface area contributed by atoms with Crippen LogP contribution in [-0.4, -0.2) is 43.2 Å². The van der Waals surface area contributed by atoms with Crippen LogP contribution in [0.3, 0.4) is 0 Å². The number of pyridine rings is 1. The predicted molar refractivity (Wildman–Crippen MR) is 89.3 cm³/mol. The summed E-state index contributed by atoms with van der Waals surface area (Å²) in [7, 11) is 0. The number of aromatic nitrogens is 1. The van der Waals surface area contributed by atoms with Crippen LogP contribution in [0.15, 0.2) is 16.7 Å². The van der Waals surface area contributed by atoms with Gasteiger partial charge in [0.25, 0.3) is 5.91 Å². The first-order chi connectivity index (χ1) is 10.7. The first-order valence-electron chi connectivity index (χ1n) is 8.04. The van der Waals surface area contributed by atoms with Crippen molar-refractivity contribution in [2.24, 2.45) is 0 Å². The van der Waals surface area contributed by atoms with E-state index in [-0.39, 0.29) is 12.0 Å². The van der Waals surface area contributed by atoms with Gasteiger partial charge in [-0.05, 0) is 54.1 Å². The Bertz CT molecular complexity index is 526. The van der Waals surface area contributed by atoms with E-state index in [9.17, 15) is 4.79 Å². The SMILES string of the molecule is O=C(NC[C@@H]1CCCO1)c1cc(Br)cnc1N1CCCCC1. The molecule has 0 bridgehead atoms. The summed E-state index contributed by atoms with van der Waals surface area (Å²) in [5, 5.41) is 3.00. The molecular weight excluding hydrogens is 346 g/mol. The summed E-state index contributed by atoms with van der Waals surface area (Å²) >= 11 is 3.42. The third-order valence-electron chi connectivity index (χ3n) is 4.25. The molecule has 2 saturated heterocycles. The van der Waals surface area contributed by atoms with E-state index in [1.54, 1.807) is 6.20 Å². The minimum atomic E-state index is -0.0649. The Kier molecular flexibility index (Phi) is 5.31. The highest BCUT2D eigenvalue weighted by Gasteiger charge is 2.22. The fourth-order valence-electron chi connectivity index (χ4n) is 3.06. The highest BCUT2D eigenvalue weighted by atomic mass is 79.9. The summed E-state index contributed by atoms with van der Waals surface area (Å²) < 4.78 is 6.39. The number of carbonyl (C=O) groups excluding carboxylic acids is 1. The van der Waals surface area contributed by atoms with Crippen molar-refractivity contribution in [2.45, 2.75) is 38.2 Å². The van der Waals surface area contributed by atoms with E-state index in [0.717, 1.165) is 55.7 Å². The molecule has 0 spiro atoms. The Hall–Kier alpha value is -1.14. The molecule has 1 atom stereocenters. The Labute approximate surface area is 139 Å². The molecule has 6 heteroatoms. The third-order valence-corrected chi connectivity index (χ3v) is 4.68. The van der Waals surface area contributed by atoms with Gasteiger partial charge in [-0.3, -0.25) is 4.79 Å². The molecule has 0 aliphatic carbocycles. The molecule has 2 aliphatic heterocycles. The summed E-state index contributed by atoms with van der Waals surface area (Å²) in [6.45, 7) is 3.32. The van der Waals surface area contributed by atoms with Crippen molar-refractivity contribution in [3.05, 3.63) is 22.3 Å². The second-order valence-electron chi connectivity index (χ2n) is 5.92. The van der Waals surface area contributed by atoms with Gasteiger partial charge in [-0.15, -0.1) is 0 Å². The van der Waals surface area contributed by atoms with Gasteiger partial charge in [0.15, 0.2) is 0 Å². The van der Waals surface area contributed by atoms with Gasteiger partial charge in [-0.25, -0.2) is 4.98 Å². The molecular formula is C16H22BrN3O2. The second kappa shape index (κ2) is 7.42. The van der Waals surface area contributed by atoms with E-state index in [1.165, 1.54) is 6.42 Å². The lowest BCUT2D eigenvalue weighted by Crippen LogP contribution is -2.35. The number of nitrogens with one attached hydrogen (secondary N) is 1. The van der Waals surface area contributed by atoms with Crippen LogP contribution in [0.25, 0.3) is 0 Å². The van der Waals surface area contributed by atoms with E-state index in [4.69, 9.17) is 4.74 Å². The fraction of sp³-hybridized carbons (Fsp3) is 0.625. The summed E-state index contributed by atoms with van der Waals surface area (Å²) in [4.78, 5) is 19.3. The first kappa shape index (κ1) is 15.7. The van der Waals surface area contributed by atoms with E-state index in [0.29, 0.717) is 12.1 Å². The largest absolute Gasteiger partial charge is 0.376 e. The molecule has 5 nitrogen and oxygen atoms in total. The average Bonchev–Trinajstić information content (AvgIpc) is 3.07. The number of anilines is 1. The number of amides is 1. The molecule has 1 N–H and O–H groups in total. The summed E-state index contributed by atoms with van der Waals surface area (Å²) in [6, 6.07) is 1.86. The van der Waals surface area contributed by atoms with Crippen molar-refractivity contribution in [3.8, 4) is 0 Å². The van der Waals surface area contributed by atoms with Crippen molar-refractivity contribution in [2.75, 3.05) is 31.1 Å². The van der Waals surface area contributed by atoms with Crippen LogP contribution in [-0.2, 0) is 4.74 Å². The number of nitrogens with zero attached hydrogens (tertiary/aromatic N) is 2. The van der Waals surface area contributed by atoms with Gasteiger partial charge in [0, 0.05) is 36.9 Å². The van der Waals surface area contributed by atoms with Gasteiger partial charge in [-0.2, -0.15) is 0 Å². The number of hydrogen-bond acceptors (Lipinski definition) is 4. The molecule has 2 aliphatic rings. The Morgan fingerprint density at radius 3 is 2.91 bits per heavy atom. The number of hydrogen-bond donors (Lipinski definition) is 1. The molecule has 22 heavy (non-hydrogen) atoms. The third kappa shape index (κ3) is 3.79.